The van der Waals surface area contributed by atoms with E-state index in [0.29, 0.717) is 32.7 Å². The van der Waals surface area contributed by atoms with Crippen molar-refractivity contribution in [2.75, 3.05) is 26.2 Å². The van der Waals surface area contributed by atoms with E-state index < -0.39 is 0 Å². The summed E-state index contributed by atoms with van der Waals surface area (Å²) in [6, 6.07) is 3.23. The summed E-state index contributed by atoms with van der Waals surface area (Å²) in [6.07, 6.45) is 1.81. The molecule has 0 spiro atoms. The number of hydrogen-bond acceptors (Lipinski definition) is 4. The Hall–Kier alpha value is -1.82. The zero-order valence-electron chi connectivity index (χ0n) is 10.9. The van der Waals surface area contributed by atoms with E-state index in [9.17, 15) is 9.59 Å². The van der Waals surface area contributed by atoms with Crippen LogP contribution in [0.5, 0.6) is 0 Å². The first-order valence-corrected chi connectivity index (χ1v) is 6.38. The summed E-state index contributed by atoms with van der Waals surface area (Å²) < 4.78 is 10.3. The van der Waals surface area contributed by atoms with Gasteiger partial charge in [0, 0.05) is 26.1 Å². The normalized spacial score (nSPS) is 19.2. The third-order valence-corrected chi connectivity index (χ3v) is 2.96. The van der Waals surface area contributed by atoms with Crippen LogP contribution in [0.1, 0.15) is 23.9 Å². The number of carbonyl (C=O) groups is 2. The quantitative estimate of drug-likeness (QED) is 0.868. The van der Waals surface area contributed by atoms with E-state index >= 15 is 0 Å². The highest BCUT2D eigenvalue weighted by Crippen LogP contribution is 2.06. The molecule has 2 heterocycles. The lowest BCUT2D eigenvalue weighted by molar-refractivity contribution is -0.137. The van der Waals surface area contributed by atoms with Gasteiger partial charge < -0.3 is 19.4 Å². The third kappa shape index (κ3) is 3.82. The number of carbonyl (C=O) groups excluding carboxylic acids is 2. The summed E-state index contributed by atoms with van der Waals surface area (Å²) in [5.41, 5.74) is 0. The van der Waals surface area contributed by atoms with E-state index in [2.05, 4.69) is 5.32 Å². The second-order valence-corrected chi connectivity index (χ2v) is 4.50. The van der Waals surface area contributed by atoms with Gasteiger partial charge in [-0.15, -0.1) is 0 Å². The van der Waals surface area contributed by atoms with Gasteiger partial charge in [-0.25, -0.2) is 0 Å². The number of nitrogens with zero attached hydrogens (tertiary/aromatic N) is 1. The summed E-state index contributed by atoms with van der Waals surface area (Å²) in [5, 5.41) is 2.65. The van der Waals surface area contributed by atoms with Gasteiger partial charge in [-0.3, -0.25) is 9.59 Å². The van der Waals surface area contributed by atoms with E-state index in [-0.39, 0.29) is 23.7 Å². The summed E-state index contributed by atoms with van der Waals surface area (Å²) in [7, 11) is 0. The van der Waals surface area contributed by atoms with E-state index in [1.165, 1.54) is 6.26 Å². The predicted molar refractivity (Wildman–Crippen MR) is 67.7 cm³/mol. The van der Waals surface area contributed by atoms with Crippen LogP contribution in [0.25, 0.3) is 0 Å². The first-order valence-electron chi connectivity index (χ1n) is 6.38. The smallest absolute Gasteiger partial charge is 0.286 e. The molecule has 1 saturated heterocycles. The summed E-state index contributed by atoms with van der Waals surface area (Å²) in [5.74, 6) is -0.00418. The Bertz CT molecular complexity index is 430. The van der Waals surface area contributed by atoms with Crippen molar-refractivity contribution in [2.45, 2.75) is 19.4 Å². The van der Waals surface area contributed by atoms with Gasteiger partial charge in [0.25, 0.3) is 5.91 Å². The van der Waals surface area contributed by atoms with Crippen molar-refractivity contribution in [3.05, 3.63) is 24.2 Å². The fourth-order valence-electron chi connectivity index (χ4n) is 1.98. The van der Waals surface area contributed by atoms with Crippen LogP contribution in [0.4, 0.5) is 0 Å². The van der Waals surface area contributed by atoms with Gasteiger partial charge in [-0.2, -0.15) is 0 Å². The molecule has 2 rings (SSSR count). The molecule has 2 amide bonds. The van der Waals surface area contributed by atoms with Crippen LogP contribution in [0, 0.1) is 0 Å². The van der Waals surface area contributed by atoms with Crippen molar-refractivity contribution in [1.82, 2.24) is 10.2 Å². The van der Waals surface area contributed by atoms with Crippen molar-refractivity contribution in [3.8, 4) is 0 Å². The topological polar surface area (TPSA) is 71.8 Å². The van der Waals surface area contributed by atoms with Crippen molar-refractivity contribution >= 4 is 11.8 Å². The molecule has 1 aliphatic rings. The molecule has 0 aliphatic carbocycles. The van der Waals surface area contributed by atoms with E-state index in [0.717, 1.165) is 0 Å². The summed E-state index contributed by atoms with van der Waals surface area (Å²) in [6.45, 7) is 4.06. The van der Waals surface area contributed by atoms with E-state index in [1.807, 2.05) is 6.92 Å². The highest BCUT2D eigenvalue weighted by Gasteiger charge is 2.21. The first kappa shape index (κ1) is 13.6. The molecule has 0 saturated carbocycles. The maximum absolute atomic E-state index is 11.9. The van der Waals surface area contributed by atoms with Crippen LogP contribution in [0.2, 0.25) is 0 Å². The van der Waals surface area contributed by atoms with Gasteiger partial charge >= 0.3 is 0 Å². The number of nitrogens with one attached hydrogen (secondary N) is 1. The lowest BCUT2D eigenvalue weighted by atomic mass is 10.2. The minimum atomic E-state index is -0.298. The second-order valence-electron chi connectivity index (χ2n) is 4.50. The van der Waals surface area contributed by atoms with Gasteiger partial charge in [0.1, 0.15) is 0 Å². The largest absolute Gasteiger partial charge is 0.459 e. The van der Waals surface area contributed by atoms with Crippen molar-refractivity contribution in [2.24, 2.45) is 0 Å². The van der Waals surface area contributed by atoms with Crippen molar-refractivity contribution in [3.63, 3.8) is 0 Å². The Balaban J connectivity index is 1.70. The number of furan rings is 1. The highest BCUT2D eigenvalue weighted by molar-refractivity contribution is 5.91. The standard InChI is InChI=1S/C13H18N2O4/c1-10-9-15(6-8-18-10)12(16)4-5-14-13(17)11-3-2-7-19-11/h2-3,7,10H,4-6,8-9H2,1H3,(H,14,17). The molecule has 1 N–H and O–H groups in total. The molecular weight excluding hydrogens is 248 g/mol. The molecule has 1 aromatic rings. The maximum atomic E-state index is 11.9. The molecule has 0 bridgehead atoms. The Morgan fingerprint density at radius 3 is 3.05 bits per heavy atom. The fraction of sp³-hybridized carbons (Fsp3) is 0.538. The number of amides is 2. The van der Waals surface area contributed by atoms with Crippen molar-refractivity contribution < 1.29 is 18.7 Å². The van der Waals surface area contributed by atoms with E-state index in [1.54, 1.807) is 17.0 Å². The molecule has 6 nitrogen and oxygen atoms in total. The SMILES string of the molecule is CC1CN(C(=O)CCNC(=O)c2ccco2)CCO1. The monoisotopic (exact) mass is 266 g/mol. The lowest BCUT2D eigenvalue weighted by Gasteiger charge is -2.31. The Morgan fingerprint density at radius 2 is 2.37 bits per heavy atom. The second kappa shape index (κ2) is 6.38. The van der Waals surface area contributed by atoms with Crippen LogP contribution >= 0.6 is 0 Å². The zero-order chi connectivity index (χ0) is 13.7. The first-order chi connectivity index (χ1) is 9.16. The molecule has 104 valence electrons. The van der Waals surface area contributed by atoms with E-state index in [4.69, 9.17) is 9.15 Å². The number of ether oxygens (including phenoxy) is 1. The van der Waals surface area contributed by atoms with Gasteiger partial charge in [0.05, 0.1) is 19.0 Å². The third-order valence-electron chi connectivity index (χ3n) is 2.96. The Morgan fingerprint density at radius 1 is 1.53 bits per heavy atom. The molecule has 19 heavy (non-hydrogen) atoms. The molecule has 0 aromatic carbocycles. The van der Waals surface area contributed by atoms with Crippen LogP contribution in [0.15, 0.2) is 22.8 Å². The van der Waals surface area contributed by atoms with Crippen LogP contribution in [-0.2, 0) is 9.53 Å². The lowest BCUT2D eigenvalue weighted by Crippen LogP contribution is -2.45. The molecule has 1 fully saturated rings. The van der Waals surface area contributed by atoms with Crippen LogP contribution in [0.3, 0.4) is 0 Å². The highest BCUT2D eigenvalue weighted by atomic mass is 16.5. The molecule has 6 heteroatoms. The molecule has 1 aromatic heterocycles. The molecular formula is C13H18N2O4. The van der Waals surface area contributed by atoms with Crippen molar-refractivity contribution in [1.29, 1.82) is 0 Å². The number of rotatable bonds is 4. The summed E-state index contributed by atoms with van der Waals surface area (Å²) in [4.78, 5) is 25.2. The molecule has 0 radical (unpaired) electrons. The Kier molecular flexibility index (Phi) is 4.57. The number of morpholine rings is 1. The molecule has 1 atom stereocenters. The predicted octanol–water partition coefficient (Wildman–Crippen LogP) is 0.647. The molecule has 1 aliphatic heterocycles. The van der Waals surface area contributed by atoms with Gasteiger partial charge in [-0.05, 0) is 19.1 Å². The fourth-order valence-corrected chi connectivity index (χ4v) is 1.98. The average Bonchev–Trinajstić information content (AvgIpc) is 2.92. The minimum Gasteiger partial charge on any atom is -0.459 e. The van der Waals surface area contributed by atoms with Crippen LogP contribution in [-0.4, -0.2) is 49.1 Å². The van der Waals surface area contributed by atoms with Crippen LogP contribution < -0.4 is 5.32 Å². The maximum Gasteiger partial charge on any atom is 0.286 e. The minimum absolute atomic E-state index is 0.0369. The molecule has 1 unspecified atom stereocenters. The zero-order valence-corrected chi connectivity index (χ0v) is 10.9. The van der Waals surface area contributed by atoms with Gasteiger partial charge in [0.15, 0.2) is 5.76 Å². The van der Waals surface area contributed by atoms with Gasteiger partial charge in [-0.1, -0.05) is 0 Å². The number of hydrogen-bond donors (Lipinski definition) is 1. The van der Waals surface area contributed by atoms with Gasteiger partial charge in [0.2, 0.25) is 5.91 Å². The Labute approximate surface area is 111 Å². The summed E-state index contributed by atoms with van der Waals surface area (Å²) >= 11 is 0. The average molecular weight is 266 g/mol.